The van der Waals surface area contributed by atoms with Gasteiger partial charge in [-0.2, -0.15) is 4.98 Å². The summed E-state index contributed by atoms with van der Waals surface area (Å²) in [7, 11) is 1.60. The van der Waals surface area contributed by atoms with Crippen LogP contribution in [-0.2, 0) is 9.47 Å². The van der Waals surface area contributed by atoms with Crippen LogP contribution in [0.4, 0.5) is 0 Å². The molecule has 0 atom stereocenters. The van der Waals surface area contributed by atoms with Crippen LogP contribution in [0, 0.1) is 0 Å². The number of rotatable bonds is 7. The number of H-pyrrole nitrogens is 1. The van der Waals surface area contributed by atoms with Gasteiger partial charge in [0.1, 0.15) is 23.5 Å². The monoisotopic (exact) mass is 366 g/mol. The lowest BCUT2D eigenvalue weighted by Gasteiger charge is -2.10. The molecule has 1 aromatic carbocycles. The first-order chi connectivity index (χ1) is 12.1. The number of hydrogen-bond donors (Lipinski definition) is 1. The molecular formula is C16H15ClN2O6. The number of ether oxygens (including phenoxy) is 3. The van der Waals surface area contributed by atoms with Crippen LogP contribution in [-0.4, -0.2) is 43.5 Å². The average Bonchev–Trinajstić information content (AvgIpc) is 2.57. The van der Waals surface area contributed by atoms with Gasteiger partial charge in [0.25, 0.3) is 5.56 Å². The number of halogens is 1. The van der Waals surface area contributed by atoms with Crippen LogP contribution in [0.1, 0.15) is 0 Å². The molecule has 25 heavy (non-hydrogen) atoms. The van der Waals surface area contributed by atoms with Crippen molar-refractivity contribution in [1.82, 2.24) is 9.97 Å². The third-order valence-electron chi connectivity index (χ3n) is 3.39. The van der Waals surface area contributed by atoms with Crippen molar-refractivity contribution in [2.75, 3.05) is 33.5 Å². The zero-order valence-corrected chi connectivity index (χ0v) is 14.1. The molecule has 2 aliphatic heterocycles. The van der Waals surface area contributed by atoms with Crippen molar-refractivity contribution >= 4 is 22.6 Å². The molecule has 8 nitrogen and oxygen atoms in total. The Bertz CT molecular complexity index is 967. The molecular weight excluding hydrogens is 352 g/mol. The molecule has 9 heteroatoms. The molecule has 2 heterocycles. The quantitative estimate of drug-likeness (QED) is 0.501. The number of nitrogens with one attached hydrogen (secondary N) is 1. The minimum absolute atomic E-state index is 0.0441. The fourth-order valence-electron chi connectivity index (χ4n) is 2.22. The molecule has 132 valence electrons. The van der Waals surface area contributed by atoms with Crippen LogP contribution in [0.2, 0.25) is 5.02 Å². The fraction of sp³-hybridized carbons (Fsp3) is 0.312. The number of aromatic amines is 1. The first kappa shape index (κ1) is 17.4. The van der Waals surface area contributed by atoms with E-state index in [2.05, 4.69) is 9.97 Å². The van der Waals surface area contributed by atoms with E-state index in [-0.39, 0.29) is 11.5 Å². The number of benzene rings is 1. The van der Waals surface area contributed by atoms with Crippen molar-refractivity contribution in [3.63, 3.8) is 0 Å². The van der Waals surface area contributed by atoms with E-state index in [0.717, 1.165) is 0 Å². The SMILES string of the molecule is COCCOCCOc1cc2oc3nc(=O)[nH]c(=O)c-3cc2cc1Cl. The van der Waals surface area contributed by atoms with Crippen LogP contribution >= 0.6 is 11.6 Å². The Kier molecular flexibility index (Phi) is 5.32. The molecule has 0 spiro atoms. The lowest BCUT2D eigenvalue weighted by Crippen LogP contribution is -2.24. The van der Waals surface area contributed by atoms with Gasteiger partial charge in [-0.1, -0.05) is 11.6 Å². The highest BCUT2D eigenvalue weighted by Gasteiger charge is 2.15. The molecule has 1 aromatic rings. The third-order valence-corrected chi connectivity index (χ3v) is 3.68. The Labute approximate surface area is 146 Å². The van der Waals surface area contributed by atoms with Crippen molar-refractivity contribution in [3.8, 4) is 17.2 Å². The molecule has 3 rings (SSSR count). The summed E-state index contributed by atoms with van der Waals surface area (Å²) < 4.78 is 21.3. The molecule has 0 aromatic heterocycles. The maximum absolute atomic E-state index is 11.8. The first-order valence-corrected chi connectivity index (χ1v) is 7.83. The maximum Gasteiger partial charge on any atom is 0.351 e. The Morgan fingerprint density at radius 2 is 1.96 bits per heavy atom. The molecule has 0 radical (unpaired) electrons. The van der Waals surface area contributed by atoms with Crippen LogP contribution in [0.5, 0.6) is 5.75 Å². The molecule has 0 saturated heterocycles. The van der Waals surface area contributed by atoms with E-state index in [1.807, 2.05) is 0 Å². The summed E-state index contributed by atoms with van der Waals surface area (Å²) in [5.74, 6) is 0.359. The smallest absolute Gasteiger partial charge is 0.351 e. The number of fused-ring (bicyclic) bond motifs is 2. The predicted molar refractivity (Wildman–Crippen MR) is 90.7 cm³/mol. The molecule has 0 amide bonds. The van der Waals surface area contributed by atoms with Crippen molar-refractivity contribution < 1.29 is 18.6 Å². The van der Waals surface area contributed by atoms with E-state index in [4.69, 9.17) is 30.2 Å². The van der Waals surface area contributed by atoms with Gasteiger partial charge in [0.15, 0.2) is 0 Å². The highest BCUT2D eigenvalue weighted by atomic mass is 35.5. The number of nitrogens with zero attached hydrogens (tertiary/aromatic N) is 1. The standard InChI is InChI=1S/C16H15ClN2O6/c1-22-2-3-23-4-5-24-13-8-12-9(7-11(13)17)6-10-14(20)18-16(21)19-15(10)25-12/h6-8H,2-5H2,1H3,(H,18,20,21). The summed E-state index contributed by atoms with van der Waals surface area (Å²) in [6.45, 7) is 1.66. The van der Waals surface area contributed by atoms with Gasteiger partial charge >= 0.3 is 5.69 Å². The molecule has 2 aliphatic rings. The maximum atomic E-state index is 11.8. The Hall–Kier alpha value is -2.42. The minimum atomic E-state index is -0.765. The average molecular weight is 367 g/mol. The van der Waals surface area contributed by atoms with Crippen LogP contribution in [0.15, 0.2) is 32.2 Å². The van der Waals surface area contributed by atoms with Crippen LogP contribution < -0.4 is 16.0 Å². The lowest BCUT2D eigenvalue weighted by atomic mass is 10.1. The predicted octanol–water partition coefficient (Wildman–Crippen LogP) is 1.68. The zero-order valence-electron chi connectivity index (χ0n) is 13.3. The second kappa shape index (κ2) is 7.64. The summed E-state index contributed by atoms with van der Waals surface area (Å²) in [5, 5.41) is 0.955. The van der Waals surface area contributed by atoms with Crippen molar-refractivity contribution in [3.05, 3.63) is 44.1 Å². The summed E-state index contributed by atoms with van der Waals surface area (Å²) >= 11 is 6.20. The van der Waals surface area contributed by atoms with E-state index in [1.54, 1.807) is 25.3 Å². The van der Waals surface area contributed by atoms with Gasteiger partial charge in [-0.15, -0.1) is 0 Å². The third kappa shape index (κ3) is 3.98. The van der Waals surface area contributed by atoms with Crippen molar-refractivity contribution in [2.45, 2.75) is 0 Å². The largest absolute Gasteiger partial charge is 0.489 e. The van der Waals surface area contributed by atoms with Crippen LogP contribution in [0.3, 0.4) is 0 Å². The summed E-state index contributed by atoms with van der Waals surface area (Å²) in [5.41, 5.74) is -0.766. The van der Waals surface area contributed by atoms with E-state index < -0.39 is 11.2 Å². The van der Waals surface area contributed by atoms with E-state index in [1.165, 1.54) is 0 Å². The van der Waals surface area contributed by atoms with Gasteiger partial charge < -0.3 is 18.6 Å². The van der Waals surface area contributed by atoms with E-state index in [0.29, 0.717) is 48.2 Å². The topological polar surface area (TPSA) is 104 Å². The highest BCUT2D eigenvalue weighted by molar-refractivity contribution is 6.32. The molecule has 0 fully saturated rings. The summed E-state index contributed by atoms with van der Waals surface area (Å²) in [6.07, 6.45) is 0. The number of hydrogen-bond acceptors (Lipinski definition) is 7. The number of aromatic nitrogens is 2. The zero-order chi connectivity index (χ0) is 17.8. The Morgan fingerprint density at radius 3 is 2.76 bits per heavy atom. The van der Waals surface area contributed by atoms with Gasteiger partial charge in [0.2, 0.25) is 5.89 Å². The van der Waals surface area contributed by atoms with E-state index >= 15 is 0 Å². The second-order valence-electron chi connectivity index (χ2n) is 5.11. The first-order valence-electron chi connectivity index (χ1n) is 7.45. The van der Waals surface area contributed by atoms with Gasteiger partial charge in [-0.25, -0.2) is 4.79 Å². The van der Waals surface area contributed by atoms with E-state index in [9.17, 15) is 9.59 Å². The van der Waals surface area contributed by atoms with Gasteiger partial charge in [0.05, 0.1) is 24.8 Å². The molecule has 0 bridgehead atoms. The molecule has 0 saturated carbocycles. The van der Waals surface area contributed by atoms with Gasteiger partial charge in [-0.3, -0.25) is 9.78 Å². The summed E-state index contributed by atoms with van der Waals surface area (Å²) in [4.78, 5) is 28.9. The van der Waals surface area contributed by atoms with Gasteiger partial charge in [0, 0.05) is 18.6 Å². The van der Waals surface area contributed by atoms with Crippen molar-refractivity contribution in [2.24, 2.45) is 0 Å². The highest BCUT2D eigenvalue weighted by Crippen LogP contribution is 2.32. The van der Waals surface area contributed by atoms with Gasteiger partial charge in [-0.05, 0) is 12.1 Å². The number of methoxy groups -OCH3 is 1. The fourth-order valence-corrected chi connectivity index (χ4v) is 2.45. The molecule has 0 unspecified atom stereocenters. The Morgan fingerprint density at radius 1 is 1.16 bits per heavy atom. The second-order valence-corrected chi connectivity index (χ2v) is 5.52. The van der Waals surface area contributed by atoms with Crippen LogP contribution in [0.25, 0.3) is 22.4 Å². The minimum Gasteiger partial charge on any atom is -0.489 e. The Balaban J connectivity index is 1.85. The van der Waals surface area contributed by atoms with Crippen molar-refractivity contribution in [1.29, 1.82) is 0 Å². The normalized spacial score (nSPS) is 11.3. The summed E-state index contributed by atoms with van der Waals surface area (Å²) in [6, 6.07) is 4.76. The molecule has 1 N–H and O–H groups in total. The lowest BCUT2D eigenvalue weighted by molar-refractivity contribution is 0.0544. The molecule has 0 aliphatic carbocycles.